The predicted molar refractivity (Wildman–Crippen MR) is 64.3 cm³/mol. The summed E-state index contributed by atoms with van der Waals surface area (Å²) < 4.78 is 0. The number of aromatic hydroxyl groups is 1. The lowest BCUT2D eigenvalue weighted by Gasteiger charge is -2.08. The van der Waals surface area contributed by atoms with E-state index in [0.29, 0.717) is 5.75 Å². The standard InChI is InChI=1S/C14H16O/c1-3-5-11-9-12-6-4-7-14(15)13(12)8-10(11)2/h4,6-9,15H,3,5H2,1-2H3. The summed E-state index contributed by atoms with van der Waals surface area (Å²) in [5.74, 6) is 0.374. The van der Waals surface area contributed by atoms with E-state index in [0.717, 1.165) is 23.6 Å². The fourth-order valence-corrected chi connectivity index (χ4v) is 2.00. The van der Waals surface area contributed by atoms with Gasteiger partial charge >= 0.3 is 0 Å². The monoisotopic (exact) mass is 200 g/mol. The fraction of sp³-hybridized carbons (Fsp3) is 0.286. The molecule has 0 aliphatic rings. The molecule has 0 aromatic heterocycles. The minimum absolute atomic E-state index is 0.374. The van der Waals surface area contributed by atoms with Crippen LogP contribution in [0, 0.1) is 6.92 Å². The quantitative estimate of drug-likeness (QED) is 0.781. The molecule has 2 aromatic carbocycles. The van der Waals surface area contributed by atoms with Crippen molar-refractivity contribution in [3.05, 3.63) is 41.5 Å². The van der Waals surface area contributed by atoms with E-state index in [-0.39, 0.29) is 0 Å². The van der Waals surface area contributed by atoms with Crippen molar-refractivity contribution in [2.24, 2.45) is 0 Å². The van der Waals surface area contributed by atoms with Crippen molar-refractivity contribution in [1.29, 1.82) is 0 Å². The van der Waals surface area contributed by atoms with Crippen molar-refractivity contribution in [2.45, 2.75) is 26.7 Å². The molecule has 0 fully saturated rings. The molecule has 0 saturated carbocycles. The van der Waals surface area contributed by atoms with Crippen LogP contribution in [-0.4, -0.2) is 5.11 Å². The van der Waals surface area contributed by atoms with E-state index >= 15 is 0 Å². The zero-order valence-corrected chi connectivity index (χ0v) is 9.25. The number of phenolic OH excluding ortho intramolecular Hbond substituents is 1. The Morgan fingerprint density at radius 2 is 2.00 bits per heavy atom. The molecule has 1 heteroatoms. The van der Waals surface area contributed by atoms with Crippen LogP contribution in [-0.2, 0) is 6.42 Å². The van der Waals surface area contributed by atoms with Crippen LogP contribution < -0.4 is 0 Å². The Balaban J connectivity index is 2.65. The van der Waals surface area contributed by atoms with Crippen LogP contribution in [0.1, 0.15) is 24.5 Å². The average Bonchev–Trinajstić information content (AvgIpc) is 2.21. The molecule has 0 aliphatic carbocycles. The van der Waals surface area contributed by atoms with Gasteiger partial charge in [0.1, 0.15) is 5.75 Å². The van der Waals surface area contributed by atoms with Crippen LogP contribution in [0.15, 0.2) is 30.3 Å². The van der Waals surface area contributed by atoms with Crippen molar-refractivity contribution in [3.63, 3.8) is 0 Å². The second-order valence-corrected chi connectivity index (χ2v) is 4.03. The zero-order chi connectivity index (χ0) is 10.8. The van der Waals surface area contributed by atoms with Crippen molar-refractivity contribution in [3.8, 4) is 5.75 Å². The van der Waals surface area contributed by atoms with Crippen LogP contribution in [0.2, 0.25) is 0 Å². The van der Waals surface area contributed by atoms with E-state index < -0.39 is 0 Å². The summed E-state index contributed by atoms with van der Waals surface area (Å²) in [4.78, 5) is 0. The average molecular weight is 200 g/mol. The molecule has 0 amide bonds. The molecule has 0 aliphatic heterocycles. The summed E-state index contributed by atoms with van der Waals surface area (Å²) in [5, 5.41) is 11.8. The Morgan fingerprint density at radius 3 is 2.73 bits per heavy atom. The van der Waals surface area contributed by atoms with Gasteiger partial charge in [0.15, 0.2) is 0 Å². The van der Waals surface area contributed by atoms with Crippen molar-refractivity contribution < 1.29 is 5.11 Å². The van der Waals surface area contributed by atoms with Gasteiger partial charge in [-0.1, -0.05) is 31.5 Å². The number of benzene rings is 2. The Bertz CT molecular complexity index is 486. The van der Waals surface area contributed by atoms with E-state index in [1.54, 1.807) is 6.07 Å². The van der Waals surface area contributed by atoms with E-state index in [1.165, 1.54) is 11.1 Å². The Hall–Kier alpha value is -1.50. The fourth-order valence-electron chi connectivity index (χ4n) is 2.00. The highest BCUT2D eigenvalue weighted by Crippen LogP contribution is 2.27. The second-order valence-electron chi connectivity index (χ2n) is 4.03. The van der Waals surface area contributed by atoms with Crippen LogP contribution in [0.25, 0.3) is 10.8 Å². The third-order valence-electron chi connectivity index (χ3n) is 2.83. The Labute approximate surface area is 90.4 Å². The molecule has 0 bridgehead atoms. The van der Waals surface area contributed by atoms with Crippen LogP contribution >= 0.6 is 0 Å². The van der Waals surface area contributed by atoms with Crippen LogP contribution in [0.5, 0.6) is 5.75 Å². The molecule has 15 heavy (non-hydrogen) atoms. The maximum absolute atomic E-state index is 9.72. The zero-order valence-electron chi connectivity index (χ0n) is 9.25. The van der Waals surface area contributed by atoms with E-state index in [4.69, 9.17) is 0 Å². The number of rotatable bonds is 2. The molecule has 2 rings (SSSR count). The number of hydrogen-bond acceptors (Lipinski definition) is 1. The van der Waals surface area contributed by atoms with Crippen molar-refractivity contribution in [1.82, 2.24) is 0 Å². The third-order valence-corrected chi connectivity index (χ3v) is 2.83. The molecular formula is C14H16O. The molecule has 0 unspecified atom stereocenters. The highest BCUT2D eigenvalue weighted by atomic mass is 16.3. The van der Waals surface area contributed by atoms with E-state index in [9.17, 15) is 5.11 Å². The molecule has 0 atom stereocenters. The largest absolute Gasteiger partial charge is 0.507 e. The molecule has 78 valence electrons. The third kappa shape index (κ3) is 1.82. The van der Waals surface area contributed by atoms with Gasteiger partial charge in [0.2, 0.25) is 0 Å². The summed E-state index contributed by atoms with van der Waals surface area (Å²) in [6.07, 6.45) is 2.27. The first-order chi connectivity index (χ1) is 7.22. The van der Waals surface area contributed by atoms with Crippen LogP contribution in [0.4, 0.5) is 0 Å². The minimum atomic E-state index is 0.374. The van der Waals surface area contributed by atoms with Crippen molar-refractivity contribution >= 4 is 10.8 Å². The summed E-state index contributed by atoms with van der Waals surface area (Å²) in [5.41, 5.74) is 2.65. The van der Waals surface area contributed by atoms with Gasteiger partial charge < -0.3 is 5.11 Å². The van der Waals surface area contributed by atoms with E-state index in [1.807, 2.05) is 12.1 Å². The molecule has 1 N–H and O–H groups in total. The van der Waals surface area contributed by atoms with Gasteiger partial charge in [-0.2, -0.15) is 0 Å². The molecule has 0 radical (unpaired) electrons. The van der Waals surface area contributed by atoms with Gasteiger partial charge in [-0.3, -0.25) is 0 Å². The first kappa shape index (κ1) is 10.0. The summed E-state index contributed by atoms with van der Waals surface area (Å²) in [6, 6.07) is 9.95. The van der Waals surface area contributed by atoms with E-state index in [2.05, 4.69) is 26.0 Å². The lowest BCUT2D eigenvalue weighted by molar-refractivity contribution is 0.481. The number of fused-ring (bicyclic) bond motifs is 1. The molecule has 0 heterocycles. The minimum Gasteiger partial charge on any atom is -0.507 e. The highest BCUT2D eigenvalue weighted by Gasteiger charge is 2.03. The number of aryl methyl sites for hydroxylation is 2. The molecule has 0 saturated heterocycles. The summed E-state index contributed by atoms with van der Waals surface area (Å²) >= 11 is 0. The second kappa shape index (κ2) is 3.93. The lowest BCUT2D eigenvalue weighted by Crippen LogP contribution is -1.89. The molecule has 1 nitrogen and oxygen atoms in total. The lowest BCUT2D eigenvalue weighted by atomic mass is 9.98. The maximum atomic E-state index is 9.72. The molecule has 0 spiro atoms. The SMILES string of the molecule is CCCc1cc2cccc(O)c2cc1C. The first-order valence-corrected chi connectivity index (χ1v) is 5.43. The normalized spacial score (nSPS) is 10.8. The van der Waals surface area contributed by atoms with Crippen LogP contribution in [0.3, 0.4) is 0 Å². The topological polar surface area (TPSA) is 20.2 Å². The molecular weight excluding hydrogens is 184 g/mol. The smallest absolute Gasteiger partial charge is 0.123 e. The number of hydrogen-bond donors (Lipinski definition) is 1. The van der Waals surface area contributed by atoms with Gasteiger partial charge in [-0.15, -0.1) is 0 Å². The predicted octanol–water partition coefficient (Wildman–Crippen LogP) is 3.81. The van der Waals surface area contributed by atoms with Gasteiger partial charge in [0.25, 0.3) is 0 Å². The Kier molecular flexibility index (Phi) is 2.63. The summed E-state index contributed by atoms with van der Waals surface area (Å²) in [6.45, 7) is 4.29. The summed E-state index contributed by atoms with van der Waals surface area (Å²) in [7, 11) is 0. The Morgan fingerprint density at radius 1 is 1.20 bits per heavy atom. The van der Waals surface area contributed by atoms with Gasteiger partial charge in [0.05, 0.1) is 0 Å². The first-order valence-electron chi connectivity index (χ1n) is 5.43. The van der Waals surface area contributed by atoms with Crippen molar-refractivity contribution in [2.75, 3.05) is 0 Å². The highest BCUT2D eigenvalue weighted by molar-refractivity contribution is 5.89. The maximum Gasteiger partial charge on any atom is 0.123 e. The molecule has 2 aromatic rings. The van der Waals surface area contributed by atoms with Gasteiger partial charge in [-0.05, 0) is 42.0 Å². The number of phenols is 1. The van der Waals surface area contributed by atoms with Gasteiger partial charge in [-0.25, -0.2) is 0 Å². The van der Waals surface area contributed by atoms with Gasteiger partial charge in [0, 0.05) is 5.39 Å².